The number of rotatable bonds is 6. The van der Waals surface area contributed by atoms with Gasteiger partial charge in [-0.1, -0.05) is 31.7 Å². The predicted molar refractivity (Wildman–Crippen MR) is 111 cm³/mol. The largest absolute Gasteiger partial charge is 0.350 e. The Kier molecular flexibility index (Phi) is 6.00. The lowest BCUT2D eigenvalue weighted by atomic mass is 9.79. The number of hydrogen-bond donors (Lipinski definition) is 2. The van der Waals surface area contributed by atoms with Crippen LogP contribution >= 0.6 is 0 Å². The van der Waals surface area contributed by atoms with Gasteiger partial charge in [-0.2, -0.15) is 0 Å². The van der Waals surface area contributed by atoms with Gasteiger partial charge in [-0.05, 0) is 69.8 Å². The van der Waals surface area contributed by atoms with E-state index in [1.807, 2.05) is 18.2 Å². The van der Waals surface area contributed by atoms with Crippen molar-refractivity contribution in [2.45, 2.75) is 69.7 Å². The summed E-state index contributed by atoms with van der Waals surface area (Å²) in [5, 5.41) is 6.17. The monoisotopic (exact) mass is 383 g/mol. The molecule has 0 bridgehead atoms. The first-order chi connectivity index (χ1) is 13.7. The third-order valence-electron chi connectivity index (χ3n) is 6.73. The minimum Gasteiger partial charge on any atom is -0.350 e. The Hall–Kier alpha value is -1.88. The molecule has 5 heteroatoms. The Bertz CT molecular complexity index is 702. The van der Waals surface area contributed by atoms with Gasteiger partial charge in [-0.25, -0.2) is 0 Å². The van der Waals surface area contributed by atoms with Crippen molar-refractivity contribution in [3.63, 3.8) is 0 Å². The molecule has 2 N–H and O–H groups in total. The molecule has 0 unspecified atom stereocenters. The SMILES string of the molecule is O=C(NCC1(N2CCCCC2)CCCCC1)c1cccc(NC(=O)C2CC2)c1. The van der Waals surface area contributed by atoms with Crippen LogP contribution in [-0.2, 0) is 4.79 Å². The van der Waals surface area contributed by atoms with Crippen LogP contribution in [0.25, 0.3) is 0 Å². The lowest BCUT2D eigenvalue weighted by Crippen LogP contribution is -2.58. The van der Waals surface area contributed by atoms with Gasteiger partial charge in [0.1, 0.15) is 0 Å². The van der Waals surface area contributed by atoms with Gasteiger partial charge in [0.05, 0.1) is 0 Å². The highest BCUT2D eigenvalue weighted by Gasteiger charge is 2.38. The van der Waals surface area contributed by atoms with Crippen LogP contribution in [0.4, 0.5) is 5.69 Å². The summed E-state index contributed by atoms with van der Waals surface area (Å²) in [6, 6.07) is 7.33. The zero-order valence-corrected chi connectivity index (χ0v) is 16.8. The van der Waals surface area contributed by atoms with Crippen LogP contribution in [0.2, 0.25) is 0 Å². The molecule has 1 saturated heterocycles. The number of nitrogens with zero attached hydrogens (tertiary/aromatic N) is 1. The molecule has 152 valence electrons. The second-order valence-electron chi connectivity index (χ2n) is 8.86. The van der Waals surface area contributed by atoms with Crippen LogP contribution in [0.5, 0.6) is 0 Å². The number of nitrogens with one attached hydrogen (secondary N) is 2. The van der Waals surface area contributed by atoms with Crippen LogP contribution in [0.3, 0.4) is 0 Å². The van der Waals surface area contributed by atoms with E-state index in [-0.39, 0.29) is 23.3 Å². The first-order valence-corrected chi connectivity index (χ1v) is 11.1. The lowest BCUT2D eigenvalue weighted by molar-refractivity contribution is -0.117. The summed E-state index contributed by atoms with van der Waals surface area (Å²) >= 11 is 0. The molecule has 1 aliphatic heterocycles. The minimum atomic E-state index is -0.0375. The summed E-state index contributed by atoms with van der Waals surface area (Å²) < 4.78 is 0. The molecule has 0 atom stereocenters. The molecular weight excluding hydrogens is 350 g/mol. The van der Waals surface area contributed by atoms with Gasteiger partial charge >= 0.3 is 0 Å². The third-order valence-corrected chi connectivity index (χ3v) is 6.73. The van der Waals surface area contributed by atoms with E-state index < -0.39 is 0 Å². The first-order valence-electron chi connectivity index (χ1n) is 11.1. The molecule has 3 fully saturated rings. The van der Waals surface area contributed by atoms with Gasteiger partial charge in [-0.15, -0.1) is 0 Å². The fraction of sp³-hybridized carbons (Fsp3) is 0.652. The van der Waals surface area contributed by atoms with Crippen molar-refractivity contribution in [1.29, 1.82) is 0 Å². The molecule has 2 aliphatic carbocycles. The number of anilines is 1. The minimum absolute atomic E-state index is 0.0375. The molecule has 2 amide bonds. The fourth-order valence-electron chi connectivity index (χ4n) is 4.86. The summed E-state index contributed by atoms with van der Waals surface area (Å²) in [7, 11) is 0. The number of likely N-dealkylation sites (tertiary alicyclic amines) is 1. The quantitative estimate of drug-likeness (QED) is 0.782. The Morgan fingerprint density at radius 3 is 2.43 bits per heavy atom. The van der Waals surface area contributed by atoms with Crippen molar-refractivity contribution in [3.8, 4) is 0 Å². The maximum Gasteiger partial charge on any atom is 0.251 e. The number of carbonyl (C=O) groups excluding carboxylic acids is 2. The molecule has 0 spiro atoms. The highest BCUT2D eigenvalue weighted by molar-refractivity contribution is 5.98. The average Bonchev–Trinajstić information content (AvgIpc) is 3.59. The van der Waals surface area contributed by atoms with E-state index in [9.17, 15) is 9.59 Å². The number of carbonyl (C=O) groups is 2. The topological polar surface area (TPSA) is 61.4 Å². The molecule has 28 heavy (non-hydrogen) atoms. The van der Waals surface area contributed by atoms with Crippen molar-refractivity contribution in [2.75, 3.05) is 25.0 Å². The van der Waals surface area contributed by atoms with Crippen molar-refractivity contribution in [2.24, 2.45) is 5.92 Å². The molecule has 1 aromatic rings. The van der Waals surface area contributed by atoms with Crippen LogP contribution in [0.1, 0.15) is 74.6 Å². The molecule has 0 radical (unpaired) electrons. The van der Waals surface area contributed by atoms with Crippen molar-refractivity contribution < 1.29 is 9.59 Å². The van der Waals surface area contributed by atoms with Gasteiger partial charge in [0.2, 0.25) is 5.91 Å². The number of benzene rings is 1. The van der Waals surface area contributed by atoms with E-state index in [1.165, 1.54) is 64.5 Å². The van der Waals surface area contributed by atoms with Crippen LogP contribution < -0.4 is 10.6 Å². The molecule has 4 rings (SSSR count). The second kappa shape index (κ2) is 8.64. The lowest BCUT2D eigenvalue weighted by Gasteiger charge is -2.48. The van der Waals surface area contributed by atoms with Crippen LogP contribution in [0, 0.1) is 5.92 Å². The van der Waals surface area contributed by atoms with Crippen molar-refractivity contribution in [3.05, 3.63) is 29.8 Å². The van der Waals surface area contributed by atoms with Gasteiger partial charge in [0, 0.05) is 29.3 Å². The smallest absolute Gasteiger partial charge is 0.251 e. The zero-order valence-electron chi connectivity index (χ0n) is 16.8. The van der Waals surface area contributed by atoms with E-state index >= 15 is 0 Å². The zero-order chi connectivity index (χ0) is 19.4. The fourth-order valence-corrected chi connectivity index (χ4v) is 4.86. The van der Waals surface area contributed by atoms with Crippen molar-refractivity contribution >= 4 is 17.5 Å². The van der Waals surface area contributed by atoms with E-state index in [0.717, 1.165) is 19.4 Å². The maximum atomic E-state index is 12.9. The van der Waals surface area contributed by atoms with Gasteiger partial charge in [-0.3, -0.25) is 14.5 Å². The van der Waals surface area contributed by atoms with E-state index in [4.69, 9.17) is 0 Å². The molecular formula is C23H33N3O2. The van der Waals surface area contributed by atoms with Crippen LogP contribution in [-0.4, -0.2) is 41.9 Å². The van der Waals surface area contributed by atoms with E-state index in [1.54, 1.807) is 6.07 Å². The normalized spacial score (nSPS) is 22.4. The first kappa shape index (κ1) is 19.4. The van der Waals surface area contributed by atoms with Gasteiger partial charge in [0.15, 0.2) is 0 Å². The summed E-state index contributed by atoms with van der Waals surface area (Å²) in [5.41, 5.74) is 1.47. The molecule has 3 aliphatic rings. The molecule has 0 aromatic heterocycles. The summed E-state index contributed by atoms with van der Waals surface area (Å²) in [4.78, 5) is 27.5. The molecule has 1 heterocycles. The van der Waals surface area contributed by atoms with Gasteiger partial charge < -0.3 is 10.6 Å². The number of hydrogen-bond acceptors (Lipinski definition) is 3. The van der Waals surface area contributed by atoms with Crippen LogP contribution in [0.15, 0.2) is 24.3 Å². The maximum absolute atomic E-state index is 12.9. The summed E-state index contributed by atoms with van der Waals surface area (Å²) in [6.45, 7) is 3.06. The van der Waals surface area contributed by atoms with E-state index in [2.05, 4.69) is 15.5 Å². The Morgan fingerprint density at radius 2 is 1.71 bits per heavy atom. The molecule has 1 aromatic carbocycles. The highest BCUT2D eigenvalue weighted by atomic mass is 16.2. The summed E-state index contributed by atoms with van der Waals surface area (Å²) in [5.74, 6) is 0.196. The molecule has 5 nitrogen and oxygen atoms in total. The Balaban J connectivity index is 1.39. The Labute approximate surface area is 168 Å². The second-order valence-corrected chi connectivity index (χ2v) is 8.86. The summed E-state index contributed by atoms with van der Waals surface area (Å²) in [6.07, 6.45) is 12.0. The molecule has 2 saturated carbocycles. The average molecular weight is 384 g/mol. The van der Waals surface area contributed by atoms with Gasteiger partial charge in [0.25, 0.3) is 5.91 Å². The Morgan fingerprint density at radius 1 is 1.00 bits per heavy atom. The van der Waals surface area contributed by atoms with Crippen molar-refractivity contribution in [1.82, 2.24) is 10.2 Å². The highest BCUT2D eigenvalue weighted by Crippen LogP contribution is 2.35. The van der Waals surface area contributed by atoms with E-state index in [0.29, 0.717) is 11.3 Å². The third kappa shape index (κ3) is 4.57. The standard InChI is InChI=1S/C23H33N3O2/c27-21(19-8-7-9-20(16-19)25-22(28)18-10-11-18)24-17-23(12-3-1-4-13-23)26-14-5-2-6-15-26/h7-9,16,18H,1-6,10-15,17H2,(H,24,27)(H,25,28). The number of piperidine rings is 1. The number of amides is 2. The predicted octanol–water partition coefficient (Wildman–Crippen LogP) is 3.95.